The molecule has 0 aliphatic rings. The fourth-order valence-electron chi connectivity index (χ4n) is 1.20. The molecule has 78 valence electrons. The van der Waals surface area contributed by atoms with Gasteiger partial charge in [-0.2, -0.15) is 0 Å². The molecule has 0 fully saturated rings. The van der Waals surface area contributed by atoms with Gasteiger partial charge in [0.1, 0.15) is 0 Å². The zero-order chi connectivity index (χ0) is 10.4. The first-order valence-corrected chi connectivity index (χ1v) is 5.73. The van der Waals surface area contributed by atoms with Crippen molar-refractivity contribution < 1.29 is 5.11 Å². The lowest BCUT2D eigenvalue weighted by atomic mass is 10.2. The minimum absolute atomic E-state index is 0.274. The molecule has 14 heavy (non-hydrogen) atoms. The summed E-state index contributed by atoms with van der Waals surface area (Å²) in [4.78, 5) is 1.25. The van der Waals surface area contributed by atoms with Gasteiger partial charge in [-0.15, -0.1) is 11.8 Å². The van der Waals surface area contributed by atoms with E-state index in [9.17, 15) is 5.11 Å². The number of hydrogen-bond donors (Lipinski definition) is 2. The Hall–Kier alpha value is -0.510. The molecule has 2 N–H and O–H groups in total. The van der Waals surface area contributed by atoms with E-state index in [-0.39, 0.29) is 6.10 Å². The third kappa shape index (κ3) is 3.70. The van der Waals surface area contributed by atoms with E-state index >= 15 is 0 Å². The Morgan fingerprint density at radius 2 is 2.14 bits per heavy atom. The predicted molar refractivity (Wildman–Crippen MR) is 61.8 cm³/mol. The number of aliphatic hydroxyl groups excluding tert-OH is 1. The van der Waals surface area contributed by atoms with Gasteiger partial charge in [0.2, 0.25) is 0 Å². The Kier molecular flexibility index (Phi) is 5.01. The SMILES string of the molecule is CNCC(O)CSc1ccccc1C. The van der Waals surface area contributed by atoms with Gasteiger partial charge in [-0.25, -0.2) is 0 Å². The Morgan fingerprint density at radius 3 is 2.79 bits per heavy atom. The quantitative estimate of drug-likeness (QED) is 0.727. The van der Waals surface area contributed by atoms with Gasteiger partial charge >= 0.3 is 0 Å². The van der Waals surface area contributed by atoms with Crippen molar-refractivity contribution in [3.8, 4) is 0 Å². The largest absolute Gasteiger partial charge is 0.391 e. The number of likely N-dealkylation sites (N-methyl/N-ethyl adjacent to an activating group) is 1. The number of thioether (sulfide) groups is 1. The van der Waals surface area contributed by atoms with E-state index in [0.717, 1.165) is 5.75 Å². The third-order valence-corrected chi connectivity index (χ3v) is 3.29. The van der Waals surface area contributed by atoms with Gasteiger partial charge in [-0.1, -0.05) is 18.2 Å². The standard InChI is InChI=1S/C11H17NOS/c1-9-5-3-4-6-11(9)14-8-10(13)7-12-2/h3-6,10,12-13H,7-8H2,1-2H3. The summed E-state index contributed by atoms with van der Waals surface area (Å²) in [5.41, 5.74) is 1.27. The van der Waals surface area contributed by atoms with Crippen molar-refractivity contribution in [1.82, 2.24) is 5.32 Å². The van der Waals surface area contributed by atoms with Crippen LogP contribution in [0.5, 0.6) is 0 Å². The molecule has 1 rings (SSSR count). The molecule has 0 bridgehead atoms. The summed E-state index contributed by atoms with van der Waals surface area (Å²) in [5, 5.41) is 12.5. The highest BCUT2D eigenvalue weighted by Crippen LogP contribution is 2.22. The monoisotopic (exact) mass is 211 g/mol. The van der Waals surface area contributed by atoms with Crippen LogP contribution < -0.4 is 5.32 Å². The number of aliphatic hydroxyl groups is 1. The lowest BCUT2D eigenvalue weighted by molar-refractivity contribution is 0.199. The van der Waals surface area contributed by atoms with Crippen LogP contribution in [-0.2, 0) is 0 Å². The van der Waals surface area contributed by atoms with E-state index in [2.05, 4.69) is 24.4 Å². The first-order chi connectivity index (χ1) is 6.74. The molecule has 0 spiro atoms. The van der Waals surface area contributed by atoms with Gasteiger partial charge in [0.25, 0.3) is 0 Å². The summed E-state index contributed by atoms with van der Waals surface area (Å²) in [5.74, 6) is 0.742. The second-order valence-electron chi connectivity index (χ2n) is 3.29. The van der Waals surface area contributed by atoms with Crippen LogP contribution in [0.1, 0.15) is 5.56 Å². The molecule has 0 saturated carbocycles. The summed E-state index contributed by atoms with van der Waals surface area (Å²) < 4.78 is 0. The zero-order valence-electron chi connectivity index (χ0n) is 8.66. The van der Waals surface area contributed by atoms with Gasteiger partial charge in [-0.3, -0.25) is 0 Å². The van der Waals surface area contributed by atoms with Crippen molar-refractivity contribution in [2.45, 2.75) is 17.9 Å². The van der Waals surface area contributed by atoms with E-state index in [0.29, 0.717) is 6.54 Å². The third-order valence-electron chi connectivity index (χ3n) is 1.96. The maximum absolute atomic E-state index is 9.52. The lowest BCUT2D eigenvalue weighted by Crippen LogP contribution is -2.25. The summed E-state index contributed by atoms with van der Waals surface area (Å²) in [7, 11) is 1.85. The average Bonchev–Trinajstić information content (AvgIpc) is 2.17. The van der Waals surface area contributed by atoms with Crippen molar-refractivity contribution in [3.63, 3.8) is 0 Å². The van der Waals surface area contributed by atoms with Crippen molar-refractivity contribution in [2.75, 3.05) is 19.3 Å². The Morgan fingerprint density at radius 1 is 1.43 bits per heavy atom. The molecule has 3 heteroatoms. The number of hydrogen-bond acceptors (Lipinski definition) is 3. The fourth-order valence-corrected chi connectivity index (χ4v) is 2.16. The van der Waals surface area contributed by atoms with E-state index in [1.165, 1.54) is 10.5 Å². The van der Waals surface area contributed by atoms with E-state index < -0.39 is 0 Å². The first-order valence-electron chi connectivity index (χ1n) is 4.75. The second kappa shape index (κ2) is 6.06. The molecule has 0 aliphatic carbocycles. The van der Waals surface area contributed by atoms with Gasteiger partial charge < -0.3 is 10.4 Å². The molecule has 0 amide bonds. The number of benzene rings is 1. The first kappa shape index (κ1) is 11.6. The molecule has 2 nitrogen and oxygen atoms in total. The van der Waals surface area contributed by atoms with Crippen LogP contribution in [0.25, 0.3) is 0 Å². The molecule has 0 heterocycles. The zero-order valence-corrected chi connectivity index (χ0v) is 9.47. The maximum Gasteiger partial charge on any atom is 0.0758 e. The van der Waals surface area contributed by atoms with E-state index in [4.69, 9.17) is 0 Å². The van der Waals surface area contributed by atoms with Gasteiger partial charge in [0, 0.05) is 17.2 Å². The highest BCUT2D eigenvalue weighted by atomic mass is 32.2. The van der Waals surface area contributed by atoms with Crippen molar-refractivity contribution >= 4 is 11.8 Å². The Balaban J connectivity index is 2.41. The van der Waals surface area contributed by atoms with Crippen molar-refractivity contribution in [3.05, 3.63) is 29.8 Å². The van der Waals surface area contributed by atoms with Crippen LogP contribution in [0.2, 0.25) is 0 Å². The number of rotatable bonds is 5. The van der Waals surface area contributed by atoms with Gasteiger partial charge in [0.15, 0.2) is 0 Å². The molecule has 1 aromatic carbocycles. The minimum Gasteiger partial charge on any atom is -0.391 e. The van der Waals surface area contributed by atoms with Crippen LogP contribution in [0.4, 0.5) is 0 Å². The Labute approximate surface area is 89.7 Å². The fraction of sp³-hybridized carbons (Fsp3) is 0.455. The van der Waals surface area contributed by atoms with Crippen LogP contribution in [-0.4, -0.2) is 30.6 Å². The minimum atomic E-state index is -0.274. The van der Waals surface area contributed by atoms with Crippen LogP contribution >= 0.6 is 11.8 Å². The van der Waals surface area contributed by atoms with Crippen LogP contribution in [0.15, 0.2) is 29.2 Å². The second-order valence-corrected chi connectivity index (χ2v) is 4.35. The topological polar surface area (TPSA) is 32.3 Å². The average molecular weight is 211 g/mol. The lowest BCUT2D eigenvalue weighted by Gasteiger charge is -2.10. The highest BCUT2D eigenvalue weighted by Gasteiger charge is 2.04. The summed E-state index contributed by atoms with van der Waals surface area (Å²) in [6, 6.07) is 8.24. The maximum atomic E-state index is 9.52. The molecular formula is C11H17NOS. The molecule has 1 unspecified atom stereocenters. The summed E-state index contributed by atoms with van der Waals surface area (Å²) in [6.07, 6.45) is -0.274. The molecule has 1 aromatic rings. The molecule has 0 saturated heterocycles. The molecule has 1 atom stereocenters. The van der Waals surface area contributed by atoms with Crippen LogP contribution in [0.3, 0.4) is 0 Å². The summed E-state index contributed by atoms with van der Waals surface area (Å²) in [6.45, 7) is 2.74. The molecule has 0 radical (unpaired) electrons. The molecule has 0 aromatic heterocycles. The number of nitrogens with one attached hydrogen (secondary N) is 1. The van der Waals surface area contributed by atoms with Gasteiger partial charge in [0.05, 0.1) is 6.10 Å². The number of aryl methyl sites for hydroxylation is 1. The normalized spacial score (nSPS) is 12.8. The Bertz CT molecular complexity index is 278. The molecular weight excluding hydrogens is 194 g/mol. The highest BCUT2D eigenvalue weighted by molar-refractivity contribution is 7.99. The summed E-state index contributed by atoms with van der Waals surface area (Å²) >= 11 is 1.71. The van der Waals surface area contributed by atoms with Crippen molar-refractivity contribution in [1.29, 1.82) is 0 Å². The van der Waals surface area contributed by atoms with Gasteiger partial charge in [-0.05, 0) is 25.6 Å². The smallest absolute Gasteiger partial charge is 0.0758 e. The van der Waals surface area contributed by atoms with E-state index in [1.807, 2.05) is 19.2 Å². The van der Waals surface area contributed by atoms with Crippen molar-refractivity contribution in [2.24, 2.45) is 0 Å². The predicted octanol–water partition coefficient (Wildman–Crippen LogP) is 1.67. The van der Waals surface area contributed by atoms with Crippen LogP contribution in [0, 0.1) is 6.92 Å². The molecule has 0 aliphatic heterocycles. The van der Waals surface area contributed by atoms with E-state index in [1.54, 1.807) is 11.8 Å².